The summed E-state index contributed by atoms with van der Waals surface area (Å²) < 4.78 is 10.2. The first-order valence-corrected chi connectivity index (χ1v) is 7.85. The molecule has 0 fully saturated rings. The normalized spacial score (nSPS) is 11.8. The van der Waals surface area contributed by atoms with Gasteiger partial charge in [-0.15, -0.1) is 0 Å². The second-order valence-corrected chi connectivity index (χ2v) is 5.60. The summed E-state index contributed by atoms with van der Waals surface area (Å²) >= 11 is 6.19. The Morgan fingerprint density at radius 3 is 2.46 bits per heavy atom. The van der Waals surface area contributed by atoms with Crippen molar-refractivity contribution in [2.24, 2.45) is 0 Å². The molecule has 0 bridgehead atoms. The number of aliphatic hydroxyl groups is 1. The van der Waals surface area contributed by atoms with E-state index in [1.807, 2.05) is 6.92 Å². The van der Waals surface area contributed by atoms with Crippen LogP contribution in [-0.4, -0.2) is 22.8 Å². The van der Waals surface area contributed by atoms with Gasteiger partial charge in [-0.1, -0.05) is 23.7 Å². The highest BCUT2D eigenvalue weighted by Crippen LogP contribution is 2.36. The molecule has 0 radical (unpaired) electrons. The topological polar surface area (TPSA) is 76.0 Å². The third kappa shape index (κ3) is 4.40. The quantitative estimate of drug-likeness (QED) is 0.779. The molecule has 0 amide bonds. The summed E-state index contributed by atoms with van der Waals surface area (Å²) in [6.45, 7) is 3.74. The van der Waals surface area contributed by atoms with Crippen molar-refractivity contribution >= 4 is 17.6 Å². The summed E-state index contributed by atoms with van der Waals surface area (Å²) in [5.74, 6) is 0.107. The number of hydrogen-bond acceptors (Lipinski definition) is 5. The first-order chi connectivity index (χ1) is 11.4. The number of esters is 1. The lowest BCUT2D eigenvalue weighted by Gasteiger charge is -2.16. The zero-order chi connectivity index (χ0) is 17.7. The molecule has 1 unspecified atom stereocenters. The predicted molar refractivity (Wildman–Crippen MR) is 90.3 cm³/mol. The average molecular weight is 351 g/mol. The van der Waals surface area contributed by atoms with E-state index in [1.165, 1.54) is 13.0 Å². The molecule has 0 saturated heterocycles. The fourth-order valence-electron chi connectivity index (χ4n) is 2.28. The van der Waals surface area contributed by atoms with Gasteiger partial charge >= 0.3 is 5.97 Å². The van der Waals surface area contributed by atoms with Crippen LogP contribution in [0.15, 0.2) is 36.4 Å². The van der Waals surface area contributed by atoms with Gasteiger partial charge in [0.25, 0.3) is 0 Å². The number of carbonyl (C=O) groups excluding carboxylic acids is 1. The molecular formula is C18H19ClO5. The van der Waals surface area contributed by atoms with Crippen molar-refractivity contribution in [3.05, 3.63) is 58.1 Å². The highest BCUT2D eigenvalue weighted by molar-refractivity contribution is 6.31. The Morgan fingerprint density at radius 1 is 1.25 bits per heavy atom. The van der Waals surface area contributed by atoms with Crippen LogP contribution >= 0.6 is 11.6 Å². The zero-order valence-electron chi connectivity index (χ0n) is 13.5. The van der Waals surface area contributed by atoms with Crippen LogP contribution in [-0.2, 0) is 16.1 Å². The van der Waals surface area contributed by atoms with Gasteiger partial charge < -0.3 is 19.7 Å². The van der Waals surface area contributed by atoms with E-state index < -0.39 is 12.1 Å². The van der Waals surface area contributed by atoms with Crippen LogP contribution in [0.2, 0.25) is 5.02 Å². The number of hydrogen-bond donors (Lipinski definition) is 2. The van der Waals surface area contributed by atoms with Crippen LogP contribution in [0.25, 0.3) is 0 Å². The number of ether oxygens (including phenoxy) is 2. The van der Waals surface area contributed by atoms with Crippen molar-refractivity contribution in [2.45, 2.75) is 26.6 Å². The van der Waals surface area contributed by atoms with E-state index >= 15 is 0 Å². The predicted octanol–water partition coefficient (Wildman–Crippen LogP) is 3.59. The van der Waals surface area contributed by atoms with Gasteiger partial charge in [-0.3, -0.25) is 4.79 Å². The third-order valence-corrected chi connectivity index (χ3v) is 3.70. The van der Waals surface area contributed by atoms with Crippen LogP contribution in [0.4, 0.5) is 0 Å². The number of benzene rings is 2. The molecule has 0 spiro atoms. The molecule has 2 rings (SSSR count). The van der Waals surface area contributed by atoms with Crippen LogP contribution in [0.5, 0.6) is 11.5 Å². The minimum Gasteiger partial charge on any atom is -0.507 e. The van der Waals surface area contributed by atoms with Gasteiger partial charge in [0.1, 0.15) is 24.2 Å². The molecule has 0 aliphatic heterocycles. The van der Waals surface area contributed by atoms with Crippen LogP contribution in [0, 0.1) is 0 Å². The van der Waals surface area contributed by atoms with E-state index in [9.17, 15) is 15.0 Å². The first-order valence-electron chi connectivity index (χ1n) is 7.47. The third-order valence-electron chi connectivity index (χ3n) is 3.39. The molecule has 0 heterocycles. The van der Waals surface area contributed by atoms with Gasteiger partial charge in [0.05, 0.1) is 11.6 Å². The SMILES string of the molecule is CCOc1ccc(C(O)c2c(O)cc(COC(C)=O)cc2Cl)cc1. The highest BCUT2D eigenvalue weighted by Gasteiger charge is 2.19. The van der Waals surface area contributed by atoms with E-state index in [2.05, 4.69) is 0 Å². The fraction of sp³-hybridized carbons (Fsp3) is 0.278. The smallest absolute Gasteiger partial charge is 0.302 e. The van der Waals surface area contributed by atoms with Crippen molar-refractivity contribution in [2.75, 3.05) is 6.61 Å². The Morgan fingerprint density at radius 2 is 1.92 bits per heavy atom. The van der Waals surface area contributed by atoms with Gasteiger partial charge in [0.15, 0.2) is 0 Å². The van der Waals surface area contributed by atoms with Crippen LogP contribution in [0.3, 0.4) is 0 Å². The summed E-state index contributed by atoms with van der Waals surface area (Å²) in [4.78, 5) is 10.9. The lowest BCUT2D eigenvalue weighted by atomic mass is 9.99. The van der Waals surface area contributed by atoms with Crippen molar-refractivity contribution in [1.29, 1.82) is 0 Å². The number of rotatable bonds is 6. The average Bonchev–Trinajstić information content (AvgIpc) is 2.53. The molecule has 0 aliphatic rings. The second-order valence-electron chi connectivity index (χ2n) is 5.20. The molecule has 2 aromatic carbocycles. The Kier molecular flexibility index (Phi) is 6.06. The molecule has 1 atom stereocenters. The Hall–Kier alpha value is -2.24. The molecule has 6 heteroatoms. The molecule has 2 N–H and O–H groups in total. The minimum atomic E-state index is -1.09. The monoisotopic (exact) mass is 350 g/mol. The number of halogens is 1. The molecule has 24 heavy (non-hydrogen) atoms. The molecule has 5 nitrogen and oxygen atoms in total. The summed E-state index contributed by atoms with van der Waals surface area (Å²) in [5.41, 5.74) is 1.31. The number of phenols is 1. The van der Waals surface area contributed by atoms with Crippen molar-refractivity contribution in [3.63, 3.8) is 0 Å². The lowest BCUT2D eigenvalue weighted by molar-refractivity contribution is -0.142. The van der Waals surface area contributed by atoms with E-state index in [1.54, 1.807) is 30.3 Å². The van der Waals surface area contributed by atoms with Gasteiger partial charge in [-0.2, -0.15) is 0 Å². The maximum absolute atomic E-state index is 10.9. The van der Waals surface area contributed by atoms with E-state index in [4.69, 9.17) is 21.1 Å². The Balaban J connectivity index is 2.25. The maximum Gasteiger partial charge on any atom is 0.302 e. The Labute approximate surface area is 145 Å². The summed E-state index contributed by atoms with van der Waals surface area (Å²) in [5, 5.41) is 20.9. The van der Waals surface area contributed by atoms with E-state index in [0.717, 1.165) is 0 Å². The second kappa shape index (κ2) is 8.04. The molecule has 0 aromatic heterocycles. The number of phenolic OH excluding ortho intramolecular Hbond substituents is 1. The number of aliphatic hydroxyl groups excluding tert-OH is 1. The number of aromatic hydroxyl groups is 1. The molecule has 0 saturated carbocycles. The van der Waals surface area contributed by atoms with E-state index in [0.29, 0.717) is 23.5 Å². The van der Waals surface area contributed by atoms with Gasteiger partial charge in [0, 0.05) is 12.5 Å². The fourth-order valence-corrected chi connectivity index (χ4v) is 2.62. The standard InChI is InChI=1S/C18H19ClO5/c1-3-23-14-6-4-13(5-7-14)18(22)17-15(19)8-12(9-16(17)21)10-24-11(2)20/h4-9,18,21-22H,3,10H2,1-2H3. The Bertz CT molecular complexity index is 689. The van der Waals surface area contributed by atoms with Crippen molar-refractivity contribution in [1.82, 2.24) is 0 Å². The first kappa shape index (κ1) is 18.1. The molecular weight excluding hydrogens is 332 g/mol. The lowest BCUT2D eigenvalue weighted by Crippen LogP contribution is -2.04. The minimum absolute atomic E-state index is 0.00203. The van der Waals surface area contributed by atoms with Gasteiger partial charge in [-0.25, -0.2) is 0 Å². The number of carbonyl (C=O) groups is 1. The molecule has 2 aromatic rings. The van der Waals surface area contributed by atoms with Crippen LogP contribution < -0.4 is 4.74 Å². The summed E-state index contributed by atoms with van der Waals surface area (Å²) in [7, 11) is 0. The van der Waals surface area contributed by atoms with Crippen LogP contribution in [0.1, 0.15) is 36.6 Å². The molecule has 0 aliphatic carbocycles. The largest absolute Gasteiger partial charge is 0.507 e. The van der Waals surface area contributed by atoms with Gasteiger partial charge in [-0.05, 0) is 42.3 Å². The molecule has 128 valence electrons. The van der Waals surface area contributed by atoms with E-state index in [-0.39, 0.29) is 22.9 Å². The highest BCUT2D eigenvalue weighted by atomic mass is 35.5. The van der Waals surface area contributed by atoms with Gasteiger partial charge in [0.2, 0.25) is 0 Å². The summed E-state index contributed by atoms with van der Waals surface area (Å²) in [6, 6.07) is 9.86. The zero-order valence-corrected chi connectivity index (χ0v) is 14.2. The maximum atomic E-state index is 10.9. The van der Waals surface area contributed by atoms with Crippen molar-refractivity contribution < 1.29 is 24.5 Å². The van der Waals surface area contributed by atoms with Crippen molar-refractivity contribution in [3.8, 4) is 11.5 Å². The summed E-state index contributed by atoms with van der Waals surface area (Å²) in [6.07, 6.45) is -1.09.